The molecule has 0 unspecified atom stereocenters. The van der Waals surface area contributed by atoms with Crippen LogP contribution in [0.1, 0.15) is 108 Å². The molecule has 0 amide bonds. The largest absolute Gasteiger partial charge is 0.488 e. The fraction of sp³-hybridized carbons (Fsp3) is 0.477. The lowest BCUT2D eigenvalue weighted by Gasteiger charge is -2.24. The summed E-state index contributed by atoms with van der Waals surface area (Å²) in [6.07, 6.45) is 16.1. The molecule has 0 fully saturated rings. The van der Waals surface area contributed by atoms with E-state index in [0.29, 0.717) is 43.4 Å². The van der Waals surface area contributed by atoms with E-state index in [2.05, 4.69) is 19.9 Å². The first-order chi connectivity index (χ1) is 27.0. The van der Waals surface area contributed by atoms with Crippen LogP contribution in [0.2, 0.25) is 0 Å². The molecule has 56 heavy (non-hydrogen) atoms. The number of nitriles is 3. The summed E-state index contributed by atoms with van der Waals surface area (Å²) in [6.45, 7) is 13.0. The predicted octanol–water partition coefficient (Wildman–Crippen LogP) is 9.71. The van der Waals surface area contributed by atoms with E-state index in [9.17, 15) is 25.4 Å². The van der Waals surface area contributed by atoms with Gasteiger partial charge in [0.1, 0.15) is 42.6 Å². The third-order valence-electron chi connectivity index (χ3n) is 8.85. The summed E-state index contributed by atoms with van der Waals surface area (Å²) in [5.41, 5.74) is 1.32. The number of hydrogen-bond acceptors (Lipinski definition) is 12. The van der Waals surface area contributed by atoms with Crippen molar-refractivity contribution in [1.29, 1.82) is 15.8 Å². The van der Waals surface area contributed by atoms with Gasteiger partial charge in [0.15, 0.2) is 22.8 Å². The quantitative estimate of drug-likeness (QED) is 0.0601. The molecule has 0 bridgehead atoms. The number of nitrogens with zero attached hydrogens (tertiary/aromatic N) is 4. The van der Waals surface area contributed by atoms with E-state index in [-0.39, 0.29) is 42.1 Å². The van der Waals surface area contributed by atoms with Gasteiger partial charge in [-0.2, -0.15) is 15.8 Å². The van der Waals surface area contributed by atoms with Gasteiger partial charge in [0.05, 0.1) is 36.1 Å². The van der Waals surface area contributed by atoms with E-state index >= 15 is 0 Å². The van der Waals surface area contributed by atoms with Gasteiger partial charge in [0.2, 0.25) is 0 Å². The van der Waals surface area contributed by atoms with Crippen LogP contribution in [0.4, 0.5) is 5.69 Å². The van der Waals surface area contributed by atoms with Crippen molar-refractivity contribution in [2.24, 2.45) is 0 Å². The van der Waals surface area contributed by atoms with Crippen molar-refractivity contribution in [3.8, 4) is 29.7 Å². The molecule has 3 rings (SSSR count). The van der Waals surface area contributed by atoms with Gasteiger partial charge in [0, 0.05) is 25.1 Å². The minimum atomic E-state index is -0.960. The van der Waals surface area contributed by atoms with Crippen LogP contribution in [0.25, 0.3) is 18.2 Å². The first kappa shape index (κ1) is 44.9. The second kappa shape index (κ2) is 23.4. The summed E-state index contributed by atoms with van der Waals surface area (Å²) >= 11 is 1.50. The summed E-state index contributed by atoms with van der Waals surface area (Å²) in [5.74, 6) is 0.561. The van der Waals surface area contributed by atoms with Crippen LogP contribution in [-0.2, 0) is 23.8 Å². The highest BCUT2D eigenvalue weighted by Crippen LogP contribution is 2.46. The van der Waals surface area contributed by atoms with E-state index in [0.717, 1.165) is 72.4 Å². The standard InChI is InChI=1S/C44H54N4O7S/c1-7-9-11-13-25-53-42-39(21-17-34-15-18-36(19-16-34)48(23-27-51-32(3)49)24-28-52-33(4)50)56-40(43(42)54-26-14-12-10-8-2)22-20-38-37(31-47)41(35(29-45)30-46)55-44(38,5)6/h15-22H,7-14,23-28H2,1-6H3/b21-17+,22-20+. The maximum absolute atomic E-state index is 11.4. The average Bonchev–Trinajstić information content (AvgIpc) is 3.63. The van der Waals surface area contributed by atoms with Crippen LogP contribution in [0, 0.1) is 34.0 Å². The molecule has 298 valence electrons. The fourth-order valence-electron chi connectivity index (χ4n) is 5.91. The lowest BCUT2D eigenvalue weighted by molar-refractivity contribution is -0.141. The molecule has 1 aliphatic rings. The Labute approximate surface area is 336 Å². The highest BCUT2D eigenvalue weighted by atomic mass is 32.1. The van der Waals surface area contributed by atoms with Gasteiger partial charge in [-0.25, -0.2) is 0 Å². The number of rotatable bonds is 23. The number of anilines is 1. The van der Waals surface area contributed by atoms with E-state index in [1.165, 1.54) is 25.2 Å². The van der Waals surface area contributed by atoms with Gasteiger partial charge in [-0.05, 0) is 56.5 Å². The van der Waals surface area contributed by atoms with Gasteiger partial charge < -0.3 is 28.6 Å². The molecule has 0 N–H and O–H groups in total. The predicted molar refractivity (Wildman–Crippen MR) is 220 cm³/mol. The van der Waals surface area contributed by atoms with Crippen molar-refractivity contribution in [2.75, 3.05) is 44.4 Å². The van der Waals surface area contributed by atoms with Crippen LogP contribution in [-0.4, -0.2) is 57.1 Å². The van der Waals surface area contributed by atoms with Crippen molar-refractivity contribution < 1.29 is 33.3 Å². The van der Waals surface area contributed by atoms with Gasteiger partial charge >= 0.3 is 11.9 Å². The summed E-state index contributed by atoms with van der Waals surface area (Å²) < 4.78 is 29.3. The zero-order valence-corrected chi connectivity index (χ0v) is 34.4. The molecule has 12 heteroatoms. The Kier molecular flexibility index (Phi) is 18.8. The lowest BCUT2D eigenvalue weighted by Crippen LogP contribution is -2.31. The summed E-state index contributed by atoms with van der Waals surface area (Å²) in [4.78, 5) is 26.4. The lowest BCUT2D eigenvalue weighted by atomic mass is 9.94. The zero-order valence-electron chi connectivity index (χ0n) is 33.6. The molecule has 11 nitrogen and oxygen atoms in total. The van der Waals surface area contributed by atoms with Crippen molar-refractivity contribution in [2.45, 2.75) is 98.5 Å². The summed E-state index contributed by atoms with van der Waals surface area (Å²) in [5, 5.41) is 29.2. The van der Waals surface area contributed by atoms with Crippen LogP contribution in [0.5, 0.6) is 11.5 Å². The molecule has 0 atom stereocenters. The van der Waals surface area contributed by atoms with Gasteiger partial charge in [0.25, 0.3) is 0 Å². The SMILES string of the molecule is CCCCCCOc1c(/C=C/C2=C(C#N)C(=C(C#N)C#N)OC2(C)C)sc(/C=C/c2ccc(N(CCOC(C)=O)CCOC(C)=O)cc2)c1OCCCCCC. The number of hydrogen-bond donors (Lipinski definition) is 0. The number of ether oxygens (including phenoxy) is 5. The molecule has 1 aromatic carbocycles. The second-order valence-electron chi connectivity index (χ2n) is 13.7. The number of unbranched alkanes of at least 4 members (excludes halogenated alkanes) is 6. The Balaban J connectivity index is 2.05. The average molecular weight is 783 g/mol. The van der Waals surface area contributed by atoms with Crippen molar-refractivity contribution >= 4 is 47.2 Å². The molecule has 0 aliphatic carbocycles. The Morgan fingerprint density at radius 1 is 0.750 bits per heavy atom. The van der Waals surface area contributed by atoms with Gasteiger partial charge in [-0.3, -0.25) is 9.59 Å². The molecule has 0 saturated heterocycles. The molecule has 0 saturated carbocycles. The van der Waals surface area contributed by atoms with Crippen LogP contribution in [0.3, 0.4) is 0 Å². The van der Waals surface area contributed by atoms with Crippen molar-refractivity contribution in [3.63, 3.8) is 0 Å². The topological polar surface area (TPSA) is 155 Å². The Bertz CT molecular complexity index is 1850. The molecular formula is C44H54N4O7S. The first-order valence-electron chi connectivity index (χ1n) is 19.3. The highest BCUT2D eigenvalue weighted by molar-refractivity contribution is 7.14. The molecular weight excluding hydrogens is 729 g/mol. The normalized spacial score (nSPS) is 13.2. The zero-order chi connectivity index (χ0) is 40.9. The van der Waals surface area contributed by atoms with Gasteiger partial charge in [-0.15, -0.1) is 11.3 Å². The maximum atomic E-state index is 11.4. The second-order valence-corrected chi connectivity index (χ2v) is 14.8. The molecule has 1 aromatic heterocycles. The Hall–Kier alpha value is -5.51. The highest BCUT2D eigenvalue weighted by Gasteiger charge is 2.38. The summed E-state index contributed by atoms with van der Waals surface area (Å²) in [7, 11) is 0. The molecule has 2 heterocycles. The van der Waals surface area contributed by atoms with Crippen LogP contribution >= 0.6 is 11.3 Å². The number of benzene rings is 1. The first-order valence-corrected chi connectivity index (χ1v) is 20.1. The van der Waals surface area contributed by atoms with Crippen molar-refractivity contribution in [3.05, 3.63) is 68.1 Å². The van der Waals surface area contributed by atoms with Crippen LogP contribution in [0.15, 0.2) is 52.8 Å². The van der Waals surface area contributed by atoms with Crippen LogP contribution < -0.4 is 14.4 Å². The minimum absolute atomic E-state index is 0.0108. The number of allylic oxidation sites excluding steroid dienone is 2. The number of carbonyl (C=O) groups is 2. The maximum Gasteiger partial charge on any atom is 0.302 e. The third kappa shape index (κ3) is 13.7. The monoisotopic (exact) mass is 782 g/mol. The van der Waals surface area contributed by atoms with E-state index in [4.69, 9.17) is 23.7 Å². The number of thiophene rings is 1. The molecule has 2 aromatic rings. The molecule has 0 radical (unpaired) electrons. The minimum Gasteiger partial charge on any atom is -0.488 e. The van der Waals surface area contributed by atoms with Crippen molar-refractivity contribution in [1.82, 2.24) is 0 Å². The number of esters is 2. The molecule has 0 spiro atoms. The van der Waals surface area contributed by atoms with E-state index in [1.807, 2.05) is 59.5 Å². The Morgan fingerprint density at radius 3 is 1.73 bits per heavy atom. The Morgan fingerprint density at radius 2 is 1.27 bits per heavy atom. The third-order valence-corrected chi connectivity index (χ3v) is 9.93. The molecule has 1 aliphatic heterocycles. The smallest absolute Gasteiger partial charge is 0.302 e. The summed E-state index contributed by atoms with van der Waals surface area (Å²) in [6, 6.07) is 13.8. The van der Waals surface area contributed by atoms with E-state index in [1.54, 1.807) is 19.9 Å². The number of carbonyl (C=O) groups excluding carboxylic acids is 2. The fourth-order valence-corrected chi connectivity index (χ4v) is 6.91. The van der Waals surface area contributed by atoms with Gasteiger partial charge in [-0.1, -0.05) is 76.7 Å². The van der Waals surface area contributed by atoms with E-state index < -0.39 is 5.60 Å².